The zero-order valence-electron chi connectivity index (χ0n) is 9.37. The summed E-state index contributed by atoms with van der Waals surface area (Å²) in [4.78, 5) is 23.9. The standard InChI is InChI=1S/C10H19NO3/c1-5-6-14-9(12)7-11(4)10(13)8(2)3/h8H,5-7H2,1-4H3. The summed E-state index contributed by atoms with van der Waals surface area (Å²) in [6.45, 7) is 5.99. The fraction of sp³-hybridized carbons (Fsp3) is 0.800. The van der Waals surface area contributed by atoms with Gasteiger partial charge in [0, 0.05) is 13.0 Å². The van der Waals surface area contributed by atoms with Gasteiger partial charge in [-0.1, -0.05) is 20.8 Å². The zero-order valence-corrected chi connectivity index (χ0v) is 9.37. The van der Waals surface area contributed by atoms with Crippen LogP contribution in [0.1, 0.15) is 27.2 Å². The van der Waals surface area contributed by atoms with E-state index < -0.39 is 0 Å². The number of hydrogen-bond donors (Lipinski definition) is 0. The van der Waals surface area contributed by atoms with Crippen LogP contribution in [0.4, 0.5) is 0 Å². The molecule has 0 saturated heterocycles. The first-order valence-corrected chi connectivity index (χ1v) is 4.89. The third kappa shape index (κ3) is 4.84. The Hall–Kier alpha value is -1.06. The van der Waals surface area contributed by atoms with Gasteiger partial charge in [0.05, 0.1) is 6.61 Å². The normalized spacial score (nSPS) is 10.1. The molecule has 0 aliphatic rings. The highest BCUT2D eigenvalue weighted by Gasteiger charge is 2.16. The van der Waals surface area contributed by atoms with E-state index in [-0.39, 0.29) is 24.3 Å². The highest BCUT2D eigenvalue weighted by Crippen LogP contribution is 1.98. The number of hydrogen-bond acceptors (Lipinski definition) is 3. The molecule has 0 aliphatic carbocycles. The predicted octanol–water partition coefficient (Wildman–Crippen LogP) is 1.05. The van der Waals surface area contributed by atoms with Crippen molar-refractivity contribution in [1.29, 1.82) is 0 Å². The smallest absolute Gasteiger partial charge is 0.325 e. The van der Waals surface area contributed by atoms with E-state index in [1.165, 1.54) is 4.90 Å². The van der Waals surface area contributed by atoms with Crippen LogP contribution in [-0.2, 0) is 14.3 Å². The number of ether oxygens (including phenoxy) is 1. The van der Waals surface area contributed by atoms with Gasteiger partial charge >= 0.3 is 5.97 Å². The van der Waals surface area contributed by atoms with Crippen molar-refractivity contribution in [3.8, 4) is 0 Å². The summed E-state index contributed by atoms with van der Waals surface area (Å²) in [6.07, 6.45) is 0.799. The molecule has 1 amide bonds. The maximum atomic E-state index is 11.4. The Balaban J connectivity index is 3.87. The van der Waals surface area contributed by atoms with Crippen LogP contribution >= 0.6 is 0 Å². The summed E-state index contributed by atoms with van der Waals surface area (Å²) in [7, 11) is 1.61. The first-order chi connectivity index (χ1) is 6.49. The first kappa shape index (κ1) is 12.9. The van der Waals surface area contributed by atoms with Crippen molar-refractivity contribution in [1.82, 2.24) is 4.90 Å². The third-order valence-electron chi connectivity index (χ3n) is 1.70. The minimum atomic E-state index is -0.344. The Morgan fingerprint density at radius 3 is 2.36 bits per heavy atom. The Bertz CT molecular complexity index is 202. The van der Waals surface area contributed by atoms with Crippen molar-refractivity contribution in [2.75, 3.05) is 20.2 Å². The number of carbonyl (C=O) groups excluding carboxylic acids is 2. The maximum Gasteiger partial charge on any atom is 0.325 e. The highest BCUT2D eigenvalue weighted by molar-refractivity contribution is 5.82. The van der Waals surface area contributed by atoms with E-state index in [0.717, 1.165) is 6.42 Å². The Morgan fingerprint density at radius 1 is 1.36 bits per heavy atom. The summed E-state index contributed by atoms with van der Waals surface area (Å²) >= 11 is 0. The van der Waals surface area contributed by atoms with Crippen molar-refractivity contribution in [3.63, 3.8) is 0 Å². The highest BCUT2D eigenvalue weighted by atomic mass is 16.5. The number of rotatable bonds is 5. The topological polar surface area (TPSA) is 46.6 Å². The molecule has 0 heterocycles. The second-order valence-corrected chi connectivity index (χ2v) is 3.57. The van der Waals surface area contributed by atoms with Gasteiger partial charge in [-0.05, 0) is 6.42 Å². The fourth-order valence-electron chi connectivity index (χ4n) is 0.974. The summed E-state index contributed by atoms with van der Waals surface area (Å²) < 4.78 is 4.86. The Morgan fingerprint density at radius 2 is 1.93 bits per heavy atom. The molecule has 0 aliphatic heterocycles. The first-order valence-electron chi connectivity index (χ1n) is 4.89. The van der Waals surface area contributed by atoms with Crippen molar-refractivity contribution < 1.29 is 14.3 Å². The lowest BCUT2D eigenvalue weighted by molar-refractivity contribution is -0.149. The molecule has 0 aromatic heterocycles. The van der Waals surface area contributed by atoms with Gasteiger partial charge in [0.2, 0.25) is 5.91 Å². The number of esters is 1. The molecule has 0 atom stereocenters. The minimum absolute atomic E-state index is 0.0387. The van der Waals surface area contributed by atoms with E-state index in [1.54, 1.807) is 20.9 Å². The summed E-state index contributed by atoms with van der Waals surface area (Å²) in [6, 6.07) is 0. The number of amides is 1. The second kappa shape index (κ2) is 6.40. The molecular weight excluding hydrogens is 182 g/mol. The number of likely N-dealkylation sites (N-methyl/N-ethyl adjacent to an activating group) is 1. The van der Waals surface area contributed by atoms with Crippen molar-refractivity contribution in [2.24, 2.45) is 5.92 Å². The van der Waals surface area contributed by atoms with Crippen LogP contribution in [-0.4, -0.2) is 37.0 Å². The Labute approximate surface area is 85.2 Å². The van der Waals surface area contributed by atoms with Crippen LogP contribution in [0.2, 0.25) is 0 Å². The molecule has 0 unspecified atom stereocenters. The molecule has 0 rings (SSSR count). The van der Waals surface area contributed by atoms with Crippen LogP contribution < -0.4 is 0 Å². The van der Waals surface area contributed by atoms with Gasteiger partial charge in [0.25, 0.3) is 0 Å². The second-order valence-electron chi connectivity index (χ2n) is 3.57. The van der Waals surface area contributed by atoms with Crippen molar-refractivity contribution in [3.05, 3.63) is 0 Å². The molecule has 0 N–H and O–H groups in total. The molecule has 4 heteroatoms. The van der Waals surface area contributed by atoms with Crippen LogP contribution in [0.15, 0.2) is 0 Å². The van der Waals surface area contributed by atoms with Crippen LogP contribution in [0.25, 0.3) is 0 Å². The predicted molar refractivity (Wildman–Crippen MR) is 53.7 cm³/mol. The molecular formula is C10H19NO3. The van der Waals surface area contributed by atoms with Crippen LogP contribution in [0, 0.1) is 5.92 Å². The van der Waals surface area contributed by atoms with Crippen LogP contribution in [0.3, 0.4) is 0 Å². The van der Waals surface area contributed by atoms with Crippen molar-refractivity contribution in [2.45, 2.75) is 27.2 Å². The average molecular weight is 201 g/mol. The monoisotopic (exact) mass is 201 g/mol. The van der Waals surface area contributed by atoms with E-state index in [4.69, 9.17) is 4.74 Å². The largest absolute Gasteiger partial charge is 0.464 e. The molecule has 0 bridgehead atoms. The maximum absolute atomic E-state index is 11.4. The van der Waals surface area contributed by atoms with E-state index in [1.807, 2.05) is 6.92 Å². The van der Waals surface area contributed by atoms with Gasteiger partial charge in [0.1, 0.15) is 6.54 Å². The molecule has 0 fully saturated rings. The summed E-state index contributed by atoms with van der Waals surface area (Å²) in [5.41, 5.74) is 0. The molecule has 0 spiro atoms. The van der Waals surface area contributed by atoms with Crippen molar-refractivity contribution >= 4 is 11.9 Å². The van der Waals surface area contributed by atoms with Gasteiger partial charge in [-0.25, -0.2) is 0 Å². The SMILES string of the molecule is CCCOC(=O)CN(C)C(=O)C(C)C. The van der Waals surface area contributed by atoms with E-state index in [0.29, 0.717) is 6.61 Å². The molecule has 14 heavy (non-hydrogen) atoms. The lowest BCUT2D eigenvalue weighted by Crippen LogP contribution is -2.35. The average Bonchev–Trinajstić information content (AvgIpc) is 2.13. The fourth-order valence-corrected chi connectivity index (χ4v) is 0.974. The van der Waals surface area contributed by atoms with E-state index >= 15 is 0 Å². The molecule has 0 aromatic carbocycles. The number of carbonyl (C=O) groups is 2. The zero-order chi connectivity index (χ0) is 11.1. The Kier molecular flexibility index (Phi) is 5.92. The molecule has 82 valence electrons. The van der Waals surface area contributed by atoms with E-state index in [2.05, 4.69) is 0 Å². The van der Waals surface area contributed by atoms with Gasteiger partial charge in [-0.3, -0.25) is 9.59 Å². The molecule has 0 saturated carbocycles. The molecule has 0 radical (unpaired) electrons. The summed E-state index contributed by atoms with van der Waals surface area (Å²) in [5, 5.41) is 0. The van der Waals surface area contributed by atoms with Gasteiger partial charge < -0.3 is 9.64 Å². The lowest BCUT2D eigenvalue weighted by atomic mass is 10.2. The quantitative estimate of drug-likeness (QED) is 0.625. The van der Waals surface area contributed by atoms with Crippen LogP contribution in [0.5, 0.6) is 0 Å². The van der Waals surface area contributed by atoms with Gasteiger partial charge in [-0.2, -0.15) is 0 Å². The molecule has 0 aromatic rings. The van der Waals surface area contributed by atoms with E-state index in [9.17, 15) is 9.59 Å². The number of nitrogens with zero attached hydrogens (tertiary/aromatic N) is 1. The molecule has 4 nitrogen and oxygen atoms in total. The third-order valence-corrected chi connectivity index (χ3v) is 1.70. The lowest BCUT2D eigenvalue weighted by Gasteiger charge is -2.18. The summed E-state index contributed by atoms with van der Waals surface area (Å²) in [5.74, 6) is -0.472. The minimum Gasteiger partial charge on any atom is -0.464 e. The van der Waals surface area contributed by atoms with Gasteiger partial charge in [-0.15, -0.1) is 0 Å². The van der Waals surface area contributed by atoms with Gasteiger partial charge in [0.15, 0.2) is 0 Å².